The van der Waals surface area contributed by atoms with Crippen molar-refractivity contribution >= 4 is 0 Å². The maximum Gasteiger partial charge on any atom is 0.419 e. The highest BCUT2D eigenvalue weighted by Gasteiger charge is 2.35. The third-order valence-electron chi connectivity index (χ3n) is 5.13. The molecular weight excluding hydrogens is 381 g/mol. The number of rotatable bonds is 4. The number of ether oxygens (including phenoxy) is 1. The molecule has 0 N–H and O–H groups in total. The van der Waals surface area contributed by atoms with Gasteiger partial charge >= 0.3 is 6.18 Å². The molecule has 0 unspecified atom stereocenters. The summed E-state index contributed by atoms with van der Waals surface area (Å²) in [5, 5.41) is 4.03. The van der Waals surface area contributed by atoms with E-state index in [0.29, 0.717) is 11.7 Å². The molecule has 7 heteroatoms. The normalized spacial score (nSPS) is 16.3. The molecule has 0 radical (unpaired) electrons. The Bertz CT molecular complexity index is 1040. The van der Waals surface area contributed by atoms with Crippen molar-refractivity contribution in [2.45, 2.75) is 51.8 Å². The Morgan fingerprint density at radius 2 is 1.97 bits per heavy atom. The van der Waals surface area contributed by atoms with E-state index in [-0.39, 0.29) is 23.3 Å². The predicted molar refractivity (Wildman–Crippen MR) is 103 cm³/mol. The lowest BCUT2D eigenvalue weighted by molar-refractivity contribution is -0.139. The maximum atomic E-state index is 13.5. The number of hydrogen-bond donors (Lipinski definition) is 0. The van der Waals surface area contributed by atoms with Gasteiger partial charge in [0.05, 0.1) is 11.7 Å². The zero-order valence-corrected chi connectivity index (χ0v) is 16.4. The number of halogens is 3. The van der Waals surface area contributed by atoms with Crippen molar-refractivity contribution in [3.05, 3.63) is 53.1 Å². The van der Waals surface area contributed by atoms with Crippen LogP contribution in [0.4, 0.5) is 13.2 Å². The number of nitrogens with zero attached hydrogens (tertiary/aromatic N) is 2. The van der Waals surface area contributed by atoms with E-state index in [9.17, 15) is 13.2 Å². The molecule has 1 aliphatic rings. The highest BCUT2D eigenvalue weighted by Crippen LogP contribution is 2.40. The Labute approximate surface area is 166 Å². The zero-order chi connectivity index (χ0) is 20.8. The third-order valence-corrected chi connectivity index (χ3v) is 5.13. The van der Waals surface area contributed by atoms with Crippen LogP contribution in [0.5, 0.6) is 5.75 Å². The van der Waals surface area contributed by atoms with Crippen LogP contribution in [0.1, 0.15) is 49.8 Å². The molecule has 29 heavy (non-hydrogen) atoms. The molecule has 0 fully saturated rings. The molecule has 0 saturated heterocycles. The van der Waals surface area contributed by atoms with E-state index < -0.39 is 11.7 Å². The van der Waals surface area contributed by atoms with Crippen LogP contribution in [-0.4, -0.2) is 16.2 Å². The van der Waals surface area contributed by atoms with E-state index in [1.54, 1.807) is 13.8 Å². The fourth-order valence-corrected chi connectivity index (χ4v) is 3.76. The molecule has 1 heterocycles. The van der Waals surface area contributed by atoms with Crippen molar-refractivity contribution in [1.29, 1.82) is 0 Å². The number of benzene rings is 2. The summed E-state index contributed by atoms with van der Waals surface area (Å²) in [6, 6.07) is 9.76. The second-order valence-electron chi connectivity index (χ2n) is 7.61. The fourth-order valence-electron chi connectivity index (χ4n) is 3.76. The van der Waals surface area contributed by atoms with Crippen LogP contribution in [-0.2, 0) is 12.6 Å². The molecule has 3 aromatic rings. The Kier molecular flexibility index (Phi) is 4.84. The van der Waals surface area contributed by atoms with Gasteiger partial charge in [-0.2, -0.15) is 18.2 Å². The average molecular weight is 402 g/mol. The summed E-state index contributed by atoms with van der Waals surface area (Å²) in [6.07, 6.45) is -2.95. The van der Waals surface area contributed by atoms with Crippen LogP contribution in [0, 0.1) is 0 Å². The lowest BCUT2D eigenvalue weighted by Crippen LogP contribution is -2.13. The van der Waals surface area contributed by atoms with Gasteiger partial charge in [0.15, 0.2) is 0 Å². The Morgan fingerprint density at radius 1 is 1.17 bits per heavy atom. The standard InChI is InChI=1S/C22H21F3N2O2/c1-12(2)28-19-10-8-14(11-18(19)22(23,24)25)21-26-20(27-29-21)17-6-4-5-15-13(3)7-9-16(15)17/h4-6,8,10-13H,7,9H2,1-3H3/t13-/m1/s1. The smallest absolute Gasteiger partial charge is 0.419 e. The highest BCUT2D eigenvalue weighted by atomic mass is 19.4. The summed E-state index contributed by atoms with van der Waals surface area (Å²) >= 11 is 0. The Balaban J connectivity index is 1.72. The van der Waals surface area contributed by atoms with Crippen molar-refractivity contribution in [3.8, 4) is 28.6 Å². The van der Waals surface area contributed by atoms with E-state index in [0.717, 1.165) is 24.5 Å². The van der Waals surface area contributed by atoms with Crippen LogP contribution in [0.2, 0.25) is 0 Å². The Morgan fingerprint density at radius 3 is 2.69 bits per heavy atom. The van der Waals surface area contributed by atoms with Gasteiger partial charge in [-0.15, -0.1) is 0 Å². The minimum Gasteiger partial charge on any atom is -0.490 e. The van der Waals surface area contributed by atoms with E-state index in [4.69, 9.17) is 9.26 Å². The van der Waals surface area contributed by atoms with Crippen molar-refractivity contribution < 1.29 is 22.4 Å². The van der Waals surface area contributed by atoms with Crippen LogP contribution in [0.15, 0.2) is 40.9 Å². The van der Waals surface area contributed by atoms with Crippen molar-refractivity contribution in [3.63, 3.8) is 0 Å². The van der Waals surface area contributed by atoms with Gasteiger partial charge in [-0.05, 0) is 61.9 Å². The van der Waals surface area contributed by atoms with Gasteiger partial charge in [-0.3, -0.25) is 0 Å². The minimum atomic E-state index is -4.56. The molecule has 1 atom stereocenters. The van der Waals surface area contributed by atoms with Gasteiger partial charge in [-0.25, -0.2) is 0 Å². The summed E-state index contributed by atoms with van der Waals surface area (Å²) in [5.74, 6) is 0.692. The van der Waals surface area contributed by atoms with Crippen LogP contribution >= 0.6 is 0 Å². The topological polar surface area (TPSA) is 48.2 Å². The van der Waals surface area contributed by atoms with Gasteiger partial charge < -0.3 is 9.26 Å². The molecule has 0 saturated carbocycles. The van der Waals surface area contributed by atoms with Crippen molar-refractivity contribution in [2.75, 3.05) is 0 Å². The van der Waals surface area contributed by atoms with Gasteiger partial charge in [-0.1, -0.05) is 30.3 Å². The molecule has 0 aliphatic heterocycles. The predicted octanol–water partition coefficient (Wildman–Crippen LogP) is 6.26. The molecule has 4 nitrogen and oxygen atoms in total. The summed E-state index contributed by atoms with van der Waals surface area (Å²) in [5.41, 5.74) is 2.66. The van der Waals surface area contributed by atoms with Gasteiger partial charge in [0.25, 0.3) is 5.89 Å². The number of hydrogen-bond acceptors (Lipinski definition) is 4. The molecule has 2 aromatic carbocycles. The summed E-state index contributed by atoms with van der Waals surface area (Å²) in [4.78, 5) is 4.38. The van der Waals surface area contributed by atoms with E-state index in [1.807, 2.05) is 12.1 Å². The molecular formula is C22H21F3N2O2. The summed E-state index contributed by atoms with van der Waals surface area (Å²) < 4.78 is 51.1. The minimum absolute atomic E-state index is 0.0465. The third kappa shape index (κ3) is 3.73. The first-order valence-electron chi connectivity index (χ1n) is 9.58. The lowest BCUT2D eigenvalue weighted by Gasteiger charge is -2.16. The molecule has 152 valence electrons. The summed E-state index contributed by atoms with van der Waals surface area (Å²) in [7, 11) is 0. The number of fused-ring (bicyclic) bond motifs is 1. The van der Waals surface area contributed by atoms with E-state index in [2.05, 4.69) is 23.1 Å². The van der Waals surface area contributed by atoms with Crippen molar-refractivity contribution in [2.24, 2.45) is 0 Å². The SMILES string of the molecule is CC(C)Oc1ccc(-c2nc(-c3cccc4c3CC[C@H]4C)no2)cc1C(F)(F)F. The second-order valence-corrected chi connectivity index (χ2v) is 7.61. The van der Waals surface area contributed by atoms with Gasteiger partial charge in [0, 0.05) is 11.1 Å². The van der Waals surface area contributed by atoms with Crippen LogP contribution in [0.3, 0.4) is 0 Å². The van der Waals surface area contributed by atoms with Crippen LogP contribution in [0.25, 0.3) is 22.8 Å². The monoisotopic (exact) mass is 402 g/mol. The zero-order valence-electron chi connectivity index (χ0n) is 16.4. The van der Waals surface area contributed by atoms with Gasteiger partial charge in [0.1, 0.15) is 5.75 Å². The quantitative estimate of drug-likeness (QED) is 0.517. The first-order valence-corrected chi connectivity index (χ1v) is 9.58. The number of alkyl halides is 3. The molecule has 1 aliphatic carbocycles. The Hall–Kier alpha value is -2.83. The molecule has 0 bridgehead atoms. The molecule has 4 rings (SSSR count). The molecule has 1 aromatic heterocycles. The van der Waals surface area contributed by atoms with Crippen LogP contribution < -0.4 is 4.74 Å². The highest BCUT2D eigenvalue weighted by molar-refractivity contribution is 5.66. The molecule has 0 spiro atoms. The first kappa shape index (κ1) is 19.5. The fraction of sp³-hybridized carbons (Fsp3) is 0.364. The largest absolute Gasteiger partial charge is 0.490 e. The second kappa shape index (κ2) is 7.21. The maximum absolute atomic E-state index is 13.5. The van der Waals surface area contributed by atoms with E-state index >= 15 is 0 Å². The molecule has 0 amide bonds. The lowest BCUT2D eigenvalue weighted by atomic mass is 9.99. The van der Waals surface area contributed by atoms with Crippen molar-refractivity contribution in [1.82, 2.24) is 10.1 Å². The van der Waals surface area contributed by atoms with E-state index in [1.165, 1.54) is 23.3 Å². The summed E-state index contributed by atoms with van der Waals surface area (Å²) in [6.45, 7) is 5.53. The first-order chi connectivity index (χ1) is 13.7. The average Bonchev–Trinajstić information content (AvgIpc) is 3.28. The van der Waals surface area contributed by atoms with Gasteiger partial charge in [0.2, 0.25) is 5.82 Å². The number of aromatic nitrogens is 2.